The van der Waals surface area contributed by atoms with Crippen LogP contribution in [0.25, 0.3) is 0 Å². The third kappa shape index (κ3) is 3.48. The minimum Gasteiger partial charge on any atom is -0.480 e. The maximum Gasteiger partial charge on any atom is 0.326 e. The molecule has 1 unspecified atom stereocenters. The van der Waals surface area contributed by atoms with Crippen LogP contribution in [0.5, 0.6) is 0 Å². The lowest BCUT2D eigenvalue weighted by Gasteiger charge is -2.22. The number of carbonyl (C=O) groups excluding carboxylic acids is 1. The molecule has 2 rings (SSSR count). The van der Waals surface area contributed by atoms with Crippen LogP contribution in [-0.2, 0) is 10.3 Å². The van der Waals surface area contributed by atoms with Crippen molar-refractivity contribution < 1.29 is 14.7 Å². The number of aliphatic carboxylic acids is 1. The predicted octanol–water partition coefficient (Wildman–Crippen LogP) is 2.35. The van der Waals surface area contributed by atoms with Gasteiger partial charge in [-0.1, -0.05) is 13.8 Å². The Morgan fingerprint density at radius 2 is 1.95 bits per heavy atom. The zero-order valence-electron chi connectivity index (χ0n) is 13.9. The van der Waals surface area contributed by atoms with Crippen molar-refractivity contribution in [2.24, 2.45) is 5.92 Å². The van der Waals surface area contributed by atoms with Gasteiger partial charge in [0.15, 0.2) is 0 Å². The Bertz CT molecular complexity index is 580. The number of nitrogens with one attached hydrogen (secondary N) is 1. The van der Waals surface area contributed by atoms with Crippen molar-refractivity contribution in [1.82, 2.24) is 15.1 Å². The van der Waals surface area contributed by atoms with E-state index in [2.05, 4.69) is 10.4 Å². The van der Waals surface area contributed by atoms with Gasteiger partial charge in [-0.15, -0.1) is 0 Å². The average molecular weight is 307 g/mol. The second kappa shape index (κ2) is 5.74. The maximum absolute atomic E-state index is 12.3. The van der Waals surface area contributed by atoms with Crippen LogP contribution in [0.1, 0.15) is 69.6 Å². The minimum atomic E-state index is -1.03. The number of nitrogens with zero attached hydrogens (tertiary/aromatic N) is 2. The van der Waals surface area contributed by atoms with Gasteiger partial charge in [0.1, 0.15) is 11.7 Å². The standard InChI is InChI=1S/C16H25N3O3/c1-9(2)13(15(21)22)17-14(20)11-8-12(10-6-7-10)19(18-11)16(3,4)5/h8-10,13H,6-7H2,1-5H3,(H,17,20)(H,21,22). The fourth-order valence-electron chi connectivity index (χ4n) is 2.44. The molecule has 1 heterocycles. The molecule has 0 bridgehead atoms. The van der Waals surface area contributed by atoms with Crippen molar-refractivity contribution in [2.75, 3.05) is 0 Å². The first kappa shape index (κ1) is 16.5. The first-order chi connectivity index (χ1) is 10.1. The van der Waals surface area contributed by atoms with Gasteiger partial charge in [0.2, 0.25) is 0 Å². The molecule has 1 aromatic heterocycles. The first-order valence-electron chi connectivity index (χ1n) is 7.75. The molecule has 122 valence electrons. The molecule has 0 aliphatic heterocycles. The normalized spacial score (nSPS) is 16.6. The molecule has 0 aromatic carbocycles. The van der Waals surface area contributed by atoms with Gasteiger partial charge in [-0.2, -0.15) is 5.10 Å². The summed E-state index contributed by atoms with van der Waals surface area (Å²) in [6.45, 7) is 9.66. The van der Waals surface area contributed by atoms with Crippen molar-refractivity contribution in [3.63, 3.8) is 0 Å². The summed E-state index contributed by atoms with van der Waals surface area (Å²) in [7, 11) is 0. The van der Waals surface area contributed by atoms with E-state index in [0.29, 0.717) is 11.6 Å². The third-order valence-corrected chi connectivity index (χ3v) is 3.82. The van der Waals surface area contributed by atoms with E-state index >= 15 is 0 Å². The van der Waals surface area contributed by atoms with Crippen LogP contribution in [0.2, 0.25) is 0 Å². The number of hydrogen-bond acceptors (Lipinski definition) is 3. The fourth-order valence-corrected chi connectivity index (χ4v) is 2.44. The number of amides is 1. The monoisotopic (exact) mass is 307 g/mol. The molecular formula is C16H25N3O3. The summed E-state index contributed by atoms with van der Waals surface area (Å²) in [6, 6.07) is 0.897. The summed E-state index contributed by atoms with van der Waals surface area (Å²) < 4.78 is 1.89. The lowest BCUT2D eigenvalue weighted by molar-refractivity contribution is -0.140. The highest BCUT2D eigenvalue weighted by Crippen LogP contribution is 2.41. The van der Waals surface area contributed by atoms with Crippen LogP contribution >= 0.6 is 0 Å². The fraction of sp³-hybridized carbons (Fsp3) is 0.688. The quantitative estimate of drug-likeness (QED) is 0.874. The van der Waals surface area contributed by atoms with Crippen LogP contribution in [0.4, 0.5) is 0 Å². The van der Waals surface area contributed by atoms with Gasteiger partial charge < -0.3 is 10.4 Å². The largest absolute Gasteiger partial charge is 0.480 e. The smallest absolute Gasteiger partial charge is 0.326 e. The topological polar surface area (TPSA) is 84.2 Å². The second-order valence-electron chi connectivity index (χ2n) is 7.34. The molecule has 6 heteroatoms. The first-order valence-corrected chi connectivity index (χ1v) is 7.75. The molecule has 6 nitrogen and oxygen atoms in total. The van der Waals surface area contributed by atoms with Crippen LogP contribution in [0.15, 0.2) is 6.07 Å². The average Bonchev–Trinajstić information content (AvgIpc) is 3.11. The molecule has 1 aliphatic rings. The molecule has 1 aromatic rings. The number of carboxylic acids is 1. The van der Waals surface area contributed by atoms with Crippen molar-refractivity contribution in [3.05, 3.63) is 17.5 Å². The van der Waals surface area contributed by atoms with Crippen molar-refractivity contribution in [1.29, 1.82) is 0 Å². The van der Waals surface area contributed by atoms with Gasteiger partial charge in [0.05, 0.1) is 5.54 Å². The highest BCUT2D eigenvalue weighted by molar-refractivity contribution is 5.95. The molecule has 1 atom stereocenters. The zero-order chi connectivity index (χ0) is 16.7. The summed E-state index contributed by atoms with van der Waals surface area (Å²) in [4.78, 5) is 23.6. The molecule has 1 amide bonds. The summed E-state index contributed by atoms with van der Waals surface area (Å²) in [5, 5.41) is 16.2. The Kier molecular flexibility index (Phi) is 4.31. The van der Waals surface area contributed by atoms with E-state index in [9.17, 15) is 14.7 Å². The van der Waals surface area contributed by atoms with E-state index < -0.39 is 17.9 Å². The molecule has 0 radical (unpaired) electrons. The Hall–Kier alpha value is -1.85. The van der Waals surface area contributed by atoms with Gasteiger partial charge in [-0.3, -0.25) is 9.48 Å². The third-order valence-electron chi connectivity index (χ3n) is 3.82. The predicted molar refractivity (Wildman–Crippen MR) is 82.9 cm³/mol. The highest BCUT2D eigenvalue weighted by Gasteiger charge is 2.33. The minimum absolute atomic E-state index is 0.186. The molecular weight excluding hydrogens is 282 g/mol. The van der Waals surface area contributed by atoms with E-state index in [-0.39, 0.29) is 11.5 Å². The van der Waals surface area contributed by atoms with Gasteiger partial charge >= 0.3 is 5.97 Å². The van der Waals surface area contributed by atoms with Gasteiger partial charge in [-0.25, -0.2) is 4.79 Å². The Morgan fingerprint density at radius 1 is 1.36 bits per heavy atom. The number of rotatable bonds is 5. The van der Waals surface area contributed by atoms with Crippen molar-refractivity contribution >= 4 is 11.9 Å². The lowest BCUT2D eigenvalue weighted by Crippen LogP contribution is -2.44. The van der Waals surface area contributed by atoms with Crippen LogP contribution in [0, 0.1) is 5.92 Å². The number of carboxylic acid groups (broad SMARTS) is 1. The molecule has 22 heavy (non-hydrogen) atoms. The number of carbonyl (C=O) groups is 2. The molecule has 2 N–H and O–H groups in total. The molecule has 1 saturated carbocycles. The van der Waals surface area contributed by atoms with Crippen molar-refractivity contribution in [2.45, 2.75) is 65.0 Å². The summed E-state index contributed by atoms with van der Waals surface area (Å²) >= 11 is 0. The summed E-state index contributed by atoms with van der Waals surface area (Å²) in [5.74, 6) is -1.17. The van der Waals surface area contributed by atoms with E-state index in [1.54, 1.807) is 19.9 Å². The molecule has 0 saturated heterocycles. The number of hydrogen-bond donors (Lipinski definition) is 2. The summed E-state index contributed by atoms with van der Waals surface area (Å²) in [6.07, 6.45) is 2.24. The maximum atomic E-state index is 12.3. The van der Waals surface area contributed by atoms with Gasteiger partial charge in [-0.05, 0) is 45.6 Å². The SMILES string of the molecule is CC(C)C(NC(=O)c1cc(C2CC2)n(C(C)(C)C)n1)C(=O)O. The van der Waals surface area contributed by atoms with Crippen molar-refractivity contribution in [3.8, 4) is 0 Å². The van der Waals surface area contributed by atoms with Gasteiger partial charge in [0.25, 0.3) is 5.91 Å². The molecule has 1 fully saturated rings. The zero-order valence-corrected chi connectivity index (χ0v) is 13.9. The lowest BCUT2D eigenvalue weighted by atomic mass is 10.0. The molecule has 0 spiro atoms. The van der Waals surface area contributed by atoms with E-state index in [0.717, 1.165) is 18.5 Å². The van der Waals surface area contributed by atoms with E-state index in [1.807, 2.05) is 25.5 Å². The van der Waals surface area contributed by atoms with E-state index in [4.69, 9.17) is 0 Å². The number of aromatic nitrogens is 2. The Morgan fingerprint density at radius 3 is 2.36 bits per heavy atom. The van der Waals surface area contributed by atoms with Crippen LogP contribution < -0.4 is 5.32 Å². The van der Waals surface area contributed by atoms with Crippen LogP contribution in [0.3, 0.4) is 0 Å². The highest BCUT2D eigenvalue weighted by atomic mass is 16.4. The van der Waals surface area contributed by atoms with E-state index in [1.165, 1.54) is 0 Å². The Labute approximate surface area is 130 Å². The molecule has 1 aliphatic carbocycles. The summed E-state index contributed by atoms with van der Waals surface area (Å²) in [5.41, 5.74) is 1.15. The Balaban J connectivity index is 2.25. The van der Waals surface area contributed by atoms with Crippen LogP contribution in [-0.4, -0.2) is 32.8 Å². The second-order valence-corrected chi connectivity index (χ2v) is 7.34. The van der Waals surface area contributed by atoms with Gasteiger partial charge in [0, 0.05) is 11.6 Å².